The SMILES string of the molecule is O=C(O)C1OCC(=O)N(C2CC2)C1c1cc(F)cc(F)c1. The molecular weight excluding hydrogens is 284 g/mol. The number of aliphatic carboxylic acids is 1. The first-order valence-electron chi connectivity index (χ1n) is 6.59. The zero-order chi connectivity index (χ0) is 15.1. The highest BCUT2D eigenvalue weighted by Gasteiger charge is 2.47. The minimum atomic E-state index is -1.33. The molecule has 1 aromatic rings. The molecule has 0 spiro atoms. The molecule has 3 rings (SSSR count). The monoisotopic (exact) mass is 297 g/mol. The zero-order valence-corrected chi connectivity index (χ0v) is 11.0. The maximum atomic E-state index is 13.4. The van der Waals surface area contributed by atoms with Crippen LogP contribution in [0.25, 0.3) is 0 Å². The summed E-state index contributed by atoms with van der Waals surface area (Å²) in [7, 11) is 0. The van der Waals surface area contributed by atoms with Gasteiger partial charge in [0.1, 0.15) is 18.2 Å². The van der Waals surface area contributed by atoms with Crippen LogP contribution >= 0.6 is 0 Å². The van der Waals surface area contributed by atoms with Gasteiger partial charge in [0.2, 0.25) is 5.91 Å². The van der Waals surface area contributed by atoms with Gasteiger partial charge >= 0.3 is 5.97 Å². The van der Waals surface area contributed by atoms with Gasteiger partial charge in [-0.1, -0.05) is 0 Å². The standard InChI is InChI=1S/C14H13F2NO4/c15-8-3-7(4-9(16)5-8)12-13(14(19)20)21-6-11(18)17(12)10-1-2-10/h3-5,10,12-13H,1-2,6H2,(H,19,20). The van der Waals surface area contributed by atoms with Gasteiger partial charge in [0, 0.05) is 12.1 Å². The number of rotatable bonds is 3. The van der Waals surface area contributed by atoms with Crippen molar-refractivity contribution in [3.8, 4) is 0 Å². The Kier molecular flexibility index (Phi) is 3.36. The van der Waals surface area contributed by atoms with Crippen molar-refractivity contribution in [2.45, 2.75) is 31.0 Å². The molecule has 2 fully saturated rings. The van der Waals surface area contributed by atoms with Gasteiger partial charge in [-0.05, 0) is 30.5 Å². The molecule has 7 heteroatoms. The van der Waals surface area contributed by atoms with Crippen LogP contribution in [0.4, 0.5) is 8.78 Å². The van der Waals surface area contributed by atoms with Crippen LogP contribution in [0.1, 0.15) is 24.4 Å². The predicted octanol–water partition coefficient (Wildman–Crippen LogP) is 1.48. The van der Waals surface area contributed by atoms with Gasteiger partial charge in [0.25, 0.3) is 0 Å². The van der Waals surface area contributed by atoms with Crippen LogP contribution in [0.5, 0.6) is 0 Å². The lowest BCUT2D eigenvalue weighted by Gasteiger charge is -2.39. The highest BCUT2D eigenvalue weighted by atomic mass is 19.1. The molecule has 1 saturated heterocycles. The molecule has 1 amide bonds. The Hall–Kier alpha value is -2.02. The van der Waals surface area contributed by atoms with E-state index >= 15 is 0 Å². The number of nitrogens with zero attached hydrogens (tertiary/aromatic N) is 1. The molecule has 2 unspecified atom stereocenters. The number of amides is 1. The molecule has 1 saturated carbocycles. The number of carboxylic acids is 1. The normalized spacial score (nSPS) is 26.0. The second-order valence-corrected chi connectivity index (χ2v) is 5.25. The van der Waals surface area contributed by atoms with Gasteiger partial charge in [0.15, 0.2) is 6.10 Å². The first-order chi connectivity index (χ1) is 9.97. The third-order valence-electron chi connectivity index (χ3n) is 3.67. The quantitative estimate of drug-likeness (QED) is 0.917. The van der Waals surface area contributed by atoms with Crippen molar-refractivity contribution in [3.05, 3.63) is 35.4 Å². The smallest absolute Gasteiger partial charge is 0.335 e. The molecular formula is C14H13F2NO4. The summed E-state index contributed by atoms with van der Waals surface area (Å²) >= 11 is 0. The van der Waals surface area contributed by atoms with Crippen molar-refractivity contribution in [3.63, 3.8) is 0 Å². The number of morpholine rings is 1. The second kappa shape index (κ2) is 5.07. The molecule has 1 aliphatic carbocycles. The molecule has 1 heterocycles. The molecule has 1 aliphatic heterocycles. The maximum absolute atomic E-state index is 13.4. The summed E-state index contributed by atoms with van der Waals surface area (Å²) in [5, 5.41) is 9.26. The fraction of sp³-hybridized carbons (Fsp3) is 0.429. The molecule has 2 aliphatic rings. The molecule has 5 nitrogen and oxygen atoms in total. The largest absolute Gasteiger partial charge is 0.479 e. The number of hydrogen-bond acceptors (Lipinski definition) is 3. The van der Waals surface area contributed by atoms with Gasteiger partial charge in [-0.25, -0.2) is 13.6 Å². The third-order valence-corrected chi connectivity index (χ3v) is 3.67. The number of benzene rings is 1. The lowest BCUT2D eigenvalue weighted by atomic mass is 9.97. The molecule has 2 atom stereocenters. The Labute approximate surface area is 119 Å². The number of halogens is 2. The van der Waals surface area contributed by atoms with Gasteiger partial charge in [-0.15, -0.1) is 0 Å². The Bertz CT molecular complexity index is 582. The minimum Gasteiger partial charge on any atom is -0.479 e. The van der Waals surface area contributed by atoms with E-state index < -0.39 is 29.7 Å². The van der Waals surface area contributed by atoms with E-state index in [1.807, 2.05) is 0 Å². The van der Waals surface area contributed by atoms with E-state index in [0.29, 0.717) is 6.07 Å². The fourth-order valence-electron chi connectivity index (χ4n) is 2.70. The Morgan fingerprint density at radius 1 is 1.24 bits per heavy atom. The first-order valence-corrected chi connectivity index (χ1v) is 6.59. The summed E-state index contributed by atoms with van der Waals surface area (Å²) in [5.74, 6) is -3.25. The van der Waals surface area contributed by atoms with Crippen LogP contribution in [0.2, 0.25) is 0 Å². The van der Waals surface area contributed by atoms with Crippen LogP contribution in [-0.4, -0.2) is 40.6 Å². The van der Waals surface area contributed by atoms with E-state index in [1.165, 1.54) is 4.90 Å². The molecule has 0 aromatic heterocycles. The molecule has 0 radical (unpaired) electrons. The van der Waals surface area contributed by atoms with Crippen molar-refractivity contribution < 1.29 is 28.2 Å². The number of ether oxygens (including phenoxy) is 1. The molecule has 0 bridgehead atoms. The lowest BCUT2D eigenvalue weighted by Crippen LogP contribution is -2.52. The summed E-state index contributed by atoms with van der Waals surface area (Å²) < 4.78 is 31.9. The highest BCUT2D eigenvalue weighted by molar-refractivity contribution is 5.83. The van der Waals surface area contributed by atoms with Crippen molar-refractivity contribution >= 4 is 11.9 Å². The average molecular weight is 297 g/mol. The van der Waals surface area contributed by atoms with E-state index in [2.05, 4.69) is 0 Å². The summed E-state index contributed by atoms with van der Waals surface area (Å²) in [6.07, 6.45) is 0.183. The predicted molar refractivity (Wildman–Crippen MR) is 66.3 cm³/mol. The van der Waals surface area contributed by atoms with Crippen LogP contribution in [0, 0.1) is 11.6 Å². The number of carbonyl (C=O) groups excluding carboxylic acids is 1. The summed E-state index contributed by atoms with van der Waals surface area (Å²) in [6, 6.07) is 1.69. The molecule has 1 aromatic carbocycles. The Morgan fingerprint density at radius 3 is 2.38 bits per heavy atom. The molecule has 1 N–H and O–H groups in total. The van der Waals surface area contributed by atoms with Crippen molar-refractivity contribution in [1.29, 1.82) is 0 Å². The van der Waals surface area contributed by atoms with Gasteiger partial charge < -0.3 is 14.7 Å². The Balaban J connectivity index is 2.05. The van der Waals surface area contributed by atoms with E-state index in [0.717, 1.165) is 25.0 Å². The minimum absolute atomic E-state index is 0.0837. The van der Waals surface area contributed by atoms with Gasteiger partial charge in [0.05, 0.1) is 6.04 Å². The van der Waals surface area contributed by atoms with E-state index in [9.17, 15) is 23.5 Å². The number of hydrogen-bond donors (Lipinski definition) is 1. The van der Waals surface area contributed by atoms with Crippen LogP contribution in [0.3, 0.4) is 0 Å². The first kappa shape index (κ1) is 13.9. The van der Waals surface area contributed by atoms with Gasteiger partial charge in [-0.3, -0.25) is 4.79 Å². The summed E-state index contributed by atoms with van der Waals surface area (Å²) in [6.45, 7) is -0.332. The average Bonchev–Trinajstić information content (AvgIpc) is 3.20. The Morgan fingerprint density at radius 2 is 1.86 bits per heavy atom. The van der Waals surface area contributed by atoms with Crippen molar-refractivity contribution in [1.82, 2.24) is 4.90 Å². The summed E-state index contributed by atoms with van der Waals surface area (Å²) in [4.78, 5) is 24.8. The number of carbonyl (C=O) groups is 2. The fourth-order valence-corrected chi connectivity index (χ4v) is 2.70. The van der Waals surface area contributed by atoms with E-state index in [4.69, 9.17) is 4.74 Å². The molecule has 21 heavy (non-hydrogen) atoms. The maximum Gasteiger partial charge on any atom is 0.335 e. The van der Waals surface area contributed by atoms with Crippen molar-refractivity contribution in [2.24, 2.45) is 0 Å². The summed E-state index contributed by atoms with van der Waals surface area (Å²) in [5.41, 5.74) is 0.0971. The lowest BCUT2D eigenvalue weighted by molar-refractivity contribution is -0.174. The second-order valence-electron chi connectivity index (χ2n) is 5.25. The van der Waals surface area contributed by atoms with Crippen LogP contribution in [-0.2, 0) is 14.3 Å². The zero-order valence-electron chi connectivity index (χ0n) is 11.0. The van der Waals surface area contributed by atoms with Crippen LogP contribution in [0.15, 0.2) is 18.2 Å². The third kappa shape index (κ3) is 2.61. The molecule has 112 valence electrons. The van der Waals surface area contributed by atoms with E-state index in [1.54, 1.807) is 0 Å². The topological polar surface area (TPSA) is 66.8 Å². The van der Waals surface area contributed by atoms with Gasteiger partial charge in [-0.2, -0.15) is 0 Å². The van der Waals surface area contributed by atoms with Crippen molar-refractivity contribution in [2.75, 3.05) is 6.61 Å². The van der Waals surface area contributed by atoms with Crippen LogP contribution < -0.4 is 0 Å². The number of carboxylic acid groups (broad SMARTS) is 1. The van der Waals surface area contributed by atoms with E-state index in [-0.39, 0.29) is 24.1 Å². The highest BCUT2D eigenvalue weighted by Crippen LogP contribution is 2.39.